The number of piperidine rings is 1. The molecule has 1 aromatic carbocycles. The summed E-state index contributed by atoms with van der Waals surface area (Å²) in [5, 5.41) is 14.1. The fraction of sp³-hybridized carbons (Fsp3) is 0.429. The summed E-state index contributed by atoms with van der Waals surface area (Å²) in [4.78, 5) is 23.7. The Morgan fingerprint density at radius 2 is 2.05 bits per heavy atom. The Bertz CT molecular complexity index is 499. The van der Waals surface area contributed by atoms with Gasteiger partial charge in [-0.15, -0.1) is 0 Å². The smallest absolute Gasteiger partial charge is 0.279 e. The highest BCUT2D eigenvalue weighted by Crippen LogP contribution is 2.14. The SMILES string of the molecule is O=C(C[NH+]1CCC(C(=O)[O-])CC1)Nc1cccc(Cl)c1. The lowest BCUT2D eigenvalue weighted by atomic mass is 9.97. The molecule has 0 radical (unpaired) electrons. The number of nitrogens with one attached hydrogen (secondary N) is 2. The molecule has 1 fully saturated rings. The maximum Gasteiger partial charge on any atom is 0.279 e. The third-order valence-electron chi connectivity index (χ3n) is 3.54. The van der Waals surface area contributed by atoms with Gasteiger partial charge in [-0.25, -0.2) is 0 Å². The topological polar surface area (TPSA) is 73.7 Å². The summed E-state index contributed by atoms with van der Waals surface area (Å²) in [6.45, 7) is 1.70. The Kier molecular flexibility index (Phi) is 4.98. The Labute approximate surface area is 122 Å². The summed E-state index contributed by atoms with van der Waals surface area (Å²) in [6, 6.07) is 6.99. The molecule has 0 atom stereocenters. The molecular formula is C14H17ClN2O3. The number of rotatable bonds is 4. The molecule has 6 heteroatoms. The quantitative estimate of drug-likeness (QED) is 0.773. The van der Waals surface area contributed by atoms with E-state index in [0.717, 1.165) is 4.90 Å². The van der Waals surface area contributed by atoms with Gasteiger partial charge in [-0.05, 0) is 18.2 Å². The molecule has 0 bridgehead atoms. The second-order valence-corrected chi connectivity index (χ2v) is 5.52. The van der Waals surface area contributed by atoms with Crippen LogP contribution in [-0.4, -0.2) is 31.5 Å². The molecule has 108 valence electrons. The molecule has 2 rings (SSSR count). The van der Waals surface area contributed by atoms with E-state index < -0.39 is 5.97 Å². The molecule has 0 spiro atoms. The van der Waals surface area contributed by atoms with Gasteiger partial charge in [-0.2, -0.15) is 0 Å². The number of quaternary nitrogens is 1. The molecule has 0 saturated carbocycles. The Hall–Kier alpha value is -1.59. The number of anilines is 1. The van der Waals surface area contributed by atoms with E-state index in [4.69, 9.17) is 11.6 Å². The molecule has 0 aromatic heterocycles. The van der Waals surface area contributed by atoms with Crippen molar-refractivity contribution in [2.45, 2.75) is 12.8 Å². The minimum atomic E-state index is -0.979. The van der Waals surface area contributed by atoms with Crippen LogP contribution < -0.4 is 15.3 Å². The first-order valence-electron chi connectivity index (χ1n) is 6.64. The van der Waals surface area contributed by atoms with Crippen LogP contribution in [0.1, 0.15) is 12.8 Å². The highest BCUT2D eigenvalue weighted by Gasteiger charge is 2.24. The third-order valence-corrected chi connectivity index (χ3v) is 3.78. The predicted molar refractivity (Wildman–Crippen MR) is 73.4 cm³/mol. The first-order valence-corrected chi connectivity index (χ1v) is 7.02. The number of carboxylic acid groups (broad SMARTS) is 1. The van der Waals surface area contributed by atoms with Gasteiger partial charge in [0.2, 0.25) is 0 Å². The fourth-order valence-corrected chi connectivity index (χ4v) is 2.63. The van der Waals surface area contributed by atoms with E-state index in [2.05, 4.69) is 5.32 Å². The minimum Gasteiger partial charge on any atom is -0.550 e. The number of carboxylic acids is 1. The molecule has 2 N–H and O–H groups in total. The molecule has 1 aromatic rings. The Morgan fingerprint density at radius 3 is 2.65 bits per heavy atom. The summed E-state index contributed by atoms with van der Waals surface area (Å²) in [5.74, 6) is -1.43. The Morgan fingerprint density at radius 1 is 1.35 bits per heavy atom. The van der Waals surface area contributed by atoms with Gasteiger partial charge in [0.1, 0.15) is 0 Å². The van der Waals surface area contributed by atoms with Crippen LogP contribution in [-0.2, 0) is 9.59 Å². The minimum absolute atomic E-state index is 0.0887. The maximum absolute atomic E-state index is 11.9. The first kappa shape index (κ1) is 14.8. The molecule has 1 aliphatic heterocycles. The van der Waals surface area contributed by atoms with Crippen LogP contribution in [0.4, 0.5) is 5.69 Å². The highest BCUT2D eigenvalue weighted by atomic mass is 35.5. The standard InChI is InChI=1S/C14H17ClN2O3/c15-11-2-1-3-12(8-11)16-13(18)9-17-6-4-10(5-7-17)14(19)20/h1-3,8,10H,4-7,9H2,(H,16,18)(H,19,20). The summed E-state index contributed by atoms with van der Waals surface area (Å²) in [6.07, 6.45) is 1.14. The first-order chi connectivity index (χ1) is 9.54. The van der Waals surface area contributed by atoms with Crippen molar-refractivity contribution in [3.05, 3.63) is 29.3 Å². The van der Waals surface area contributed by atoms with Crippen molar-refractivity contribution in [2.75, 3.05) is 25.0 Å². The van der Waals surface area contributed by atoms with Gasteiger partial charge in [0, 0.05) is 35.4 Å². The van der Waals surface area contributed by atoms with Crippen LogP contribution in [0.15, 0.2) is 24.3 Å². The summed E-state index contributed by atoms with van der Waals surface area (Å²) in [7, 11) is 0. The molecule has 20 heavy (non-hydrogen) atoms. The van der Waals surface area contributed by atoms with Gasteiger partial charge in [0.25, 0.3) is 5.91 Å². The number of amides is 1. The van der Waals surface area contributed by atoms with Crippen LogP contribution in [0, 0.1) is 5.92 Å². The second kappa shape index (κ2) is 6.72. The normalized spacial score (nSPS) is 22.2. The molecular weight excluding hydrogens is 280 g/mol. The zero-order valence-corrected chi connectivity index (χ0v) is 11.8. The molecule has 5 nitrogen and oxygen atoms in total. The van der Waals surface area contributed by atoms with E-state index in [1.807, 2.05) is 0 Å². The Balaban J connectivity index is 1.80. The molecule has 1 heterocycles. The van der Waals surface area contributed by atoms with Crippen molar-refractivity contribution < 1.29 is 19.6 Å². The molecule has 1 aliphatic rings. The van der Waals surface area contributed by atoms with E-state index >= 15 is 0 Å². The highest BCUT2D eigenvalue weighted by molar-refractivity contribution is 6.30. The van der Waals surface area contributed by atoms with E-state index in [9.17, 15) is 14.7 Å². The monoisotopic (exact) mass is 296 g/mol. The van der Waals surface area contributed by atoms with Crippen LogP contribution in [0.2, 0.25) is 5.02 Å². The zero-order valence-electron chi connectivity index (χ0n) is 11.0. The number of likely N-dealkylation sites (tertiary alicyclic amines) is 1. The van der Waals surface area contributed by atoms with E-state index in [1.165, 1.54) is 0 Å². The summed E-state index contributed by atoms with van der Waals surface area (Å²) in [5.41, 5.74) is 0.673. The second-order valence-electron chi connectivity index (χ2n) is 5.08. The van der Waals surface area contributed by atoms with Gasteiger partial charge in [0.05, 0.1) is 13.1 Å². The van der Waals surface area contributed by atoms with Gasteiger partial charge in [0.15, 0.2) is 6.54 Å². The number of aliphatic carboxylic acids is 1. The molecule has 1 saturated heterocycles. The van der Waals surface area contributed by atoms with Gasteiger partial charge in [-0.1, -0.05) is 17.7 Å². The van der Waals surface area contributed by atoms with Crippen LogP contribution in [0.3, 0.4) is 0 Å². The van der Waals surface area contributed by atoms with E-state index in [0.29, 0.717) is 43.2 Å². The van der Waals surface area contributed by atoms with Gasteiger partial charge in [-0.3, -0.25) is 4.79 Å². The summed E-state index contributed by atoms with van der Waals surface area (Å²) < 4.78 is 0. The zero-order chi connectivity index (χ0) is 14.5. The number of hydrogen-bond acceptors (Lipinski definition) is 3. The number of hydrogen-bond donors (Lipinski definition) is 2. The van der Waals surface area contributed by atoms with E-state index in [-0.39, 0.29) is 11.8 Å². The fourth-order valence-electron chi connectivity index (χ4n) is 2.44. The number of carbonyl (C=O) groups is 2. The summed E-state index contributed by atoms with van der Waals surface area (Å²) >= 11 is 5.85. The third kappa shape index (κ3) is 4.21. The molecule has 0 unspecified atom stereocenters. The lowest BCUT2D eigenvalue weighted by Gasteiger charge is -2.29. The van der Waals surface area contributed by atoms with Crippen molar-refractivity contribution >= 4 is 29.2 Å². The van der Waals surface area contributed by atoms with Crippen LogP contribution in [0.25, 0.3) is 0 Å². The van der Waals surface area contributed by atoms with Crippen molar-refractivity contribution in [1.29, 1.82) is 0 Å². The number of carbonyl (C=O) groups excluding carboxylic acids is 2. The van der Waals surface area contributed by atoms with Crippen molar-refractivity contribution in [1.82, 2.24) is 0 Å². The average molecular weight is 297 g/mol. The van der Waals surface area contributed by atoms with Gasteiger partial charge < -0.3 is 20.1 Å². The number of halogens is 1. The van der Waals surface area contributed by atoms with Crippen molar-refractivity contribution in [2.24, 2.45) is 5.92 Å². The predicted octanol–water partition coefficient (Wildman–Crippen LogP) is -0.677. The largest absolute Gasteiger partial charge is 0.550 e. The molecule has 1 amide bonds. The van der Waals surface area contributed by atoms with E-state index in [1.54, 1.807) is 24.3 Å². The molecule has 0 aliphatic carbocycles. The maximum atomic E-state index is 11.9. The average Bonchev–Trinajstić information content (AvgIpc) is 2.39. The van der Waals surface area contributed by atoms with Crippen molar-refractivity contribution in [3.63, 3.8) is 0 Å². The lowest BCUT2D eigenvalue weighted by molar-refractivity contribution is -0.897. The lowest BCUT2D eigenvalue weighted by Crippen LogP contribution is -3.14. The number of benzene rings is 1. The van der Waals surface area contributed by atoms with Crippen molar-refractivity contribution in [3.8, 4) is 0 Å². The van der Waals surface area contributed by atoms with Crippen LogP contribution in [0.5, 0.6) is 0 Å². The van der Waals surface area contributed by atoms with Gasteiger partial charge >= 0.3 is 0 Å². The van der Waals surface area contributed by atoms with Crippen LogP contribution >= 0.6 is 11.6 Å².